The molecule has 8 heteroatoms. The van der Waals surface area contributed by atoms with Crippen LogP contribution in [-0.2, 0) is 21.5 Å². The predicted molar refractivity (Wildman–Crippen MR) is 179 cm³/mol. The van der Waals surface area contributed by atoms with Crippen molar-refractivity contribution >= 4 is 38.8 Å². The normalized spacial score (nSPS) is 37.9. The van der Waals surface area contributed by atoms with Crippen molar-refractivity contribution in [3.05, 3.63) is 70.3 Å². The Morgan fingerprint density at radius 1 is 1.14 bits per heavy atom. The average molecular weight is 637 g/mol. The molecule has 7 atom stereocenters. The fraction of sp³-hybridized carbons (Fsp3) is 0.556. The van der Waals surface area contributed by atoms with Gasteiger partial charge in [0.25, 0.3) is 5.91 Å². The summed E-state index contributed by atoms with van der Waals surface area (Å²) in [5.41, 5.74) is 2.87. The van der Waals surface area contributed by atoms with E-state index < -0.39 is 15.3 Å². The number of allylic oxidation sites excluding steroid dienone is 1. The number of anilines is 1. The molecule has 236 valence electrons. The maximum absolute atomic E-state index is 13.8. The summed E-state index contributed by atoms with van der Waals surface area (Å²) in [5, 5.41) is 12.7. The third kappa shape index (κ3) is 5.27. The summed E-state index contributed by atoms with van der Waals surface area (Å²) in [5.74, 6) is 5.18. The molecular weight excluding hydrogens is 592 g/mol. The Hall–Kier alpha value is -2.48. The topological polar surface area (TPSA) is 78.9 Å². The molecule has 7 rings (SSSR count). The minimum absolute atomic E-state index is 0.0190. The number of amides is 1. The molecule has 6 nitrogen and oxygen atoms in total. The third-order valence-electron chi connectivity index (χ3n) is 11.6. The van der Waals surface area contributed by atoms with E-state index >= 15 is 0 Å². The van der Waals surface area contributed by atoms with Crippen LogP contribution in [-0.4, -0.2) is 51.6 Å². The Labute approximate surface area is 267 Å². The second-order valence-corrected chi connectivity index (χ2v) is 17.2. The molecule has 2 fully saturated rings. The minimum atomic E-state index is -2.93. The first-order chi connectivity index (χ1) is 21.0. The second kappa shape index (κ2) is 11.1. The van der Waals surface area contributed by atoms with Gasteiger partial charge in [-0.25, -0.2) is 4.21 Å². The molecule has 1 spiro atoms. The van der Waals surface area contributed by atoms with Crippen LogP contribution in [0.2, 0.25) is 5.02 Å². The minimum Gasteiger partial charge on any atom is -0.490 e. The number of hydrogen-bond acceptors (Lipinski definition) is 5. The van der Waals surface area contributed by atoms with Gasteiger partial charge in [0, 0.05) is 34.3 Å². The first-order valence-corrected chi connectivity index (χ1v) is 18.5. The van der Waals surface area contributed by atoms with Crippen LogP contribution in [0.4, 0.5) is 5.69 Å². The molecule has 1 unspecified atom stereocenters. The van der Waals surface area contributed by atoms with Crippen LogP contribution in [0, 0.1) is 23.7 Å². The van der Waals surface area contributed by atoms with Gasteiger partial charge in [-0.3, -0.25) is 9.52 Å². The summed E-state index contributed by atoms with van der Waals surface area (Å²) in [6, 6.07) is 11.8. The molecule has 2 N–H and O–H groups in total. The SMILES string of the molecule is C=S1(=O)NC(=O)c2ccc3c(c2)N(C[C@@H]2CC[C@H]2[C@@](O)(C2CC2)/C=C/C[C@H](C)[C@H]1C)C[C@@]1(CCCc2cc(Cl)ccc21)CO3. The molecule has 0 aromatic heterocycles. The lowest BCUT2D eigenvalue weighted by Crippen LogP contribution is -2.53. The van der Waals surface area contributed by atoms with E-state index in [1.807, 2.05) is 32.0 Å². The summed E-state index contributed by atoms with van der Waals surface area (Å²) in [7, 11) is -2.93. The molecule has 1 amide bonds. The number of carbonyl (C=O) groups excluding carboxylic acids is 1. The first kappa shape index (κ1) is 30.2. The number of carbonyl (C=O) groups is 1. The molecule has 2 bridgehead atoms. The third-order valence-corrected chi connectivity index (χ3v) is 14.0. The van der Waals surface area contributed by atoms with Crippen molar-refractivity contribution in [1.82, 2.24) is 4.72 Å². The van der Waals surface area contributed by atoms with Gasteiger partial charge in [0.15, 0.2) is 0 Å². The van der Waals surface area contributed by atoms with Gasteiger partial charge in [-0.2, -0.15) is 0 Å². The second-order valence-electron chi connectivity index (χ2n) is 14.4. The van der Waals surface area contributed by atoms with Crippen molar-refractivity contribution in [2.24, 2.45) is 23.7 Å². The summed E-state index contributed by atoms with van der Waals surface area (Å²) in [6.45, 7) is 6.01. The Kier molecular flexibility index (Phi) is 7.61. The van der Waals surface area contributed by atoms with Crippen molar-refractivity contribution in [1.29, 1.82) is 0 Å². The van der Waals surface area contributed by atoms with Gasteiger partial charge in [0.1, 0.15) is 5.75 Å². The quantitative estimate of drug-likeness (QED) is 0.283. The van der Waals surface area contributed by atoms with Crippen LogP contribution in [0.15, 0.2) is 48.6 Å². The molecule has 44 heavy (non-hydrogen) atoms. The number of nitrogens with zero attached hydrogens (tertiary/aromatic N) is 1. The molecule has 0 saturated heterocycles. The number of aliphatic hydroxyl groups is 1. The molecule has 5 aliphatic rings. The predicted octanol–water partition coefficient (Wildman–Crippen LogP) is 6.33. The Bertz CT molecular complexity index is 1600. The zero-order valence-electron chi connectivity index (χ0n) is 25.9. The zero-order valence-corrected chi connectivity index (χ0v) is 27.5. The van der Waals surface area contributed by atoms with Crippen LogP contribution < -0.4 is 14.4 Å². The van der Waals surface area contributed by atoms with Gasteiger partial charge in [-0.1, -0.05) is 36.7 Å². The molecular formula is C36H45ClN2O4S. The van der Waals surface area contributed by atoms with Crippen LogP contribution in [0.3, 0.4) is 0 Å². The molecule has 2 aromatic rings. The van der Waals surface area contributed by atoms with Gasteiger partial charge in [-0.15, -0.1) is 0 Å². The van der Waals surface area contributed by atoms with Gasteiger partial charge < -0.3 is 14.7 Å². The highest BCUT2D eigenvalue weighted by Gasteiger charge is 2.54. The monoisotopic (exact) mass is 636 g/mol. The lowest BCUT2D eigenvalue weighted by Gasteiger charge is -2.49. The van der Waals surface area contributed by atoms with Gasteiger partial charge in [0.05, 0.1) is 27.6 Å². The number of fused-ring (bicyclic) bond motifs is 4. The maximum atomic E-state index is 13.8. The van der Waals surface area contributed by atoms with Crippen LogP contribution >= 0.6 is 11.6 Å². The van der Waals surface area contributed by atoms with Crippen molar-refractivity contribution in [2.75, 3.05) is 24.6 Å². The van der Waals surface area contributed by atoms with E-state index in [0.29, 0.717) is 30.4 Å². The highest BCUT2D eigenvalue weighted by molar-refractivity contribution is 7.99. The molecule has 2 heterocycles. The lowest BCUT2D eigenvalue weighted by molar-refractivity contribution is -0.0606. The largest absolute Gasteiger partial charge is 0.490 e. The molecule has 2 aliphatic heterocycles. The first-order valence-electron chi connectivity index (χ1n) is 16.4. The van der Waals surface area contributed by atoms with E-state index in [0.717, 1.165) is 74.5 Å². The summed E-state index contributed by atoms with van der Waals surface area (Å²) >= 11 is 6.44. The highest BCUT2D eigenvalue weighted by atomic mass is 35.5. The van der Waals surface area contributed by atoms with E-state index in [1.54, 1.807) is 6.07 Å². The van der Waals surface area contributed by atoms with Crippen LogP contribution in [0.1, 0.15) is 80.3 Å². The number of nitrogens with one attached hydrogen (secondary N) is 1. The van der Waals surface area contributed by atoms with E-state index in [2.05, 4.69) is 39.8 Å². The lowest BCUT2D eigenvalue weighted by atomic mass is 9.62. The van der Waals surface area contributed by atoms with Crippen molar-refractivity contribution < 1.29 is 18.8 Å². The zero-order chi connectivity index (χ0) is 30.9. The number of ether oxygens (including phenoxy) is 1. The molecule has 0 radical (unpaired) electrons. The smallest absolute Gasteiger partial charge is 0.262 e. The summed E-state index contributed by atoms with van der Waals surface area (Å²) in [4.78, 5) is 16.0. The van der Waals surface area contributed by atoms with E-state index in [9.17, 15) is 14.1 Å². The number of rotatable bonds is 1. The summed E-state index contributed by atoms with van der Waals surface area (Å²) < 4.78 is 23.2. The highest BCUT2D eigenvalue weighted by Crippen LogP contribution is 2.54. The fourth-order valence-corrected chi connectivity index (χ4v) is 10.1. The van der Waals surface area contributed by atoms with E-state index in [1.165, 1.54) is 11.1 Å². The maximum Gasteiger partial charge on any atom is 0.262 e. The number of halogens is 1. The van der Waals surface area contributed by atoms with Crippen molar-refractivity contribution in [2.45, 2.75) is 81.5 Å². The number of aryl methyl sites for hydroxylation is 1. The molecule has 3 aliphatic carbocycles. The van der Waals surface area contributed by atoms with Crippen LogP contribution in [0.25, 0.3) is 0 Å². The Balaban J connectivity index is 1.32. The average Bonchev–Trinajstić information content (AvgIpc) is 3.83. The Morgan fingerprint density at radius 2 is 1.95 bits per heavy atom. The van der Waals surface area contributed by atoms with Crippen molar-refractivity contribution in [3.8, 4) is 5.75 Å². The fourth-order valence-electron chi connectivity index (χ4n) is 8.39. The van der Waals surface area contributed by atoms with Crippen LogP contribution in [0.5, 0.6) is 5.75 Å². The number of benzene rings is 2. The van der Waals surface area contributed by atoms with Gasteiger partial charge in [-0.05, 0) is 129 Å². The van der Waals surface area contributed by atoms with E-state index in [-0.39, 0.29) is 28.4 Å². The standard InChI is InChI=1S/C36H45ClN2O4S/c1-23-6-4-17-36(41,28-10-11-28)31-13-8-27(31)20-39-21-35(16-5-7-25-18-29(37)12-14-30(25)35)22-43-33-15-9-26(19-32(33)39)34(40)38-44(3,42)24(23)2/h4,9,12,14-15,17-19,23-24,27-28,31,41H,3,5-8,10-11,13,16,20-22H2,1-2H3,(H,38,40,42)/b17-4+/t23-,24+,27-,31+,35-,36-,44?/m0/s1. The van der Waals surface area contributed by atoms with Gasteiger partial charge >= 0.3 is 0 Å². The van der Waals surface area contributed by atoms with Crippen molar-refractivity contribution in [3.63, 3.8) is 0 Å². The Morgan fingerprint density at radius 3 is 2.70 bits per heavy atom. The van der Waals surface area contributed by atoms with E-state index in [4.69, 9.17) is 16.3 Å². The summed E-state index contributed by atoms with van der Waals surface area (Å²) in [6.07, 6.45) is 12.1. The molecule has 2 saturated carbocycles. The number of hydrogen-bond donors (Lipinski definition) is 2. The molecule has 2 aromatic carbocycles. The van der Waals surface area contributed by atoms with Gasteiger partial charge in [0.2, 0.25) is 0 Å².